The predicted molar refractivity (Wildman–Crippen MR) is 268 cm³/mol. The van der Waals surface area contributed by atoms with Crippen LogP contribution in [0.5, 0.6) is 0 Å². The second-order valence-corrected chi connectivity index (χ2v) is 17.8. The van der Waals surface area contributed by atoms with Crippen molar-refractivity contribution in [2.45, 2.75) is 19.3 Å². The minimum absolute atomic E-state index is 0.165. The molecule has 2 aromatic heterocycles. The van der Waals surface area contributed by atoms with Gasteiger partial charge in [-0.1, -0.05) is 166 Å². The number of hydrogen-bond acceptors (Lipinski definition) is 2. The van der Waals surface area contributed by atoms with Crippen LogP contribution in [0.15, 0.2) is 213 Å². The Morgan fingerprint density at radius 2 is 0.797 bits per heavy atom. The molecule has 300 valence electrons. The quantitative estimate of drug-likeness (QED) is 0.162. The molecule has 0 radical (unpaired) electrons. The summed E-state index contributed by atoms with van der Waals surface area (Å²) in [5.74, 6) is 0. The molecule has 0 unspecified atom stereocenters. The Hall–Kier alpha value is -8.14. The van der Waals surface area contributed by atoms with Gasteiger partial charge >= 0.3 is 0 Å². The molecule has 13 rings (SSSR count). The van der Waals surface area contributed by atoms with E-state index in [1.807, 2.05) is 0 Å². The molecule has 0 aliphatic heterocycles. The van der Waals surface area contributed by atoms with Crippen LogP contribution in [0.25, 0.3) is 116 Å². The molecule has 0 spiro atoms. The highest BCUT2D eigenvalue weighted by molar-refractivity contribution is 6.23. The summed E-state index contributed by atoms with van der Waals surface area (Å²) in [7, 11) is 0. The molecule has 64 heavy (non-hydrogen) atoms. The average molecular weight is 816 g/mol. The van der Waals surface area contributed by atoms with Crippen molar-refractivity contribution in [1.29, 1.82) is 0 Å². The van der Waals surface area contributed by atoms with Crippen molar-refractivity contribution in [3.05, 3.63) is 224 Å². The van der Waals surface area contributed by atoms with Crippen molar-refractivity contribution >= 4 is 54.4 Å². The maximum absolute atomic E-state index is 4.79. The molecule has 0 N–H and O–H groups in total. The normalized spacial score (nSPS) is 13.0. The second kappa shape index (κ2) is 13.9. The first-order valence-corrected chi connectivity index (χ1v) is 22.1. The zero-order chi connectivity index (χ0) is 42.5. The van der Waals surface area contributed by atoms with E-state index in [0.717, 1.165) is 27.4 Å². The lowest BCUT2D eigenvalue weighted by Gasteiger charge is -2.23. The summed E-state index contributed by atoms with van der Waals surface area (Å²) in [6.45, 7) is 4.76. The van der Waals surface area contributed by atoms with Gasteiger partial charge in [-0.25, -0.2) is 0 Å². The summed E-state index contributed by atoms with van der Waals surface area (Å²) < 4.78 is 2.40. The monoisotopic (exact) mass is 815 g/mol. The SMILES string of the molecule is CC1(C)c2cc(-c3cccc(-c4ccc(-c5ccc6c7ccccc7c7nccnc7c6c5)cc4)c3)ccc2-c2ccc(-c3ccc4c5ccccc5n(-c5ccccc5)c4c3)cc21. The van der Waals surface area contributed by atoms with Crippen molar-refractivity contribution in [2.75, 3.05) is 0 Å². The molecular formula is C61H41N3. The highest BCUT2D eigenvalue weighted by atomic mass is 15.0. The summed E-state index contributed by atoms with van der Waals surface area (Å²) in [6, 6.07) is 73.7. The van der Waals surface area contributed by atoms with Crippen LogP contribution in [0, 0.1) is 0 Å². The first-order valence-electron chi connectivity index (χ1n) is 22.1. The van der Waals surface area contributed by atoms with Gasteiger partial charge in [0.2, 0.25) is 0 Å². The van der Waals surface area contributed by atoms with E-state index in [1.54, 1.807) is 12.4 Å². The first-order chi connectivity index (χ1) is 31.5. The molecular weight excluding hydrogens is 775 g/mol. The molecule has 0 amide bonds. The largest absolute Gasteiger partial charge is 0.309 e. The summed E-state index contributed by atoms with van der Waals surface area (Å²) in [5.41, 5.74) is 20.4. The molecule has 12 aromatic rings. The molecule has 0 fully saturated rings. The number of rotatable bonds is 5. The van der Waals surface area contributed by atoms with Gasteiger partial charge < -0.3 is 4.57 Å². The van der Waals surface area contributed by atoms with Gasteiger partial charge in [-0.3, -0.25) is 9.97 Å². The van der Waals surface area contributed by atoms with Gasteiger partial charge in [0.1, 0.15) is 0 Å². The van der Waals surface area contributed by atoms with Crippen molar-refractivity contribution in [1.82, 2.24) is 14.5 Å². The molecule has 2 heterocycles. The van der Waals surface area contributed by atoms with Crippen LogP contribution in [-0.4, -0.2) is 14.5 Å². The number of aromatic nitrogens is 3. The molecule has 3 nitrogen and oxygen atoms in total. The third-order valence-electron chi connectivity index (χ3n) is 13.9. The topological polar surface area (TPSA) is 30.7 Å². The zero-order valence-corrected chi connectivity index (χ0v) is 35.5. The lowest BCUT2D eigenvalue weighted by molar-refractivity contribution is 0.661. The number of fused-ring (bicyclic) bond motifs is 12. The fraction of sp³-hybridized carbons (Fsp3) is 0.0492. The van der Waals surface area contributed by atoms with E-state index in [4.69, 9.17) is 9.97 Å². The smallest absolute Gasteiger partial charge is 0.0971 e. The summed E-state index contributed by atoms with van der Waals surface area (Å²) in [4.78, 5) is 9.54. The van der Waals surface area contributed by atoms with Gasteiger partial charge in [-0.15, -0.1) is 0 Å². The van der Waals surface area contributed by atoms with Crippen LogP contribution in [0.2, 0.25) is 0 Å². The zero-order valence-electron chi connectivity index (χ0n) is 35.5. The van der Waals surface area contributed by atoms with Crippen molar-refractivity contribution in [2.24, 2.45) is 0 Å². The van der Waals surface area contributed by atoms with E-state index in [1.165, 1.54) is 99.5 Å². The Kier molecular flexibility index (Phi) is 7.95. The lowest BCUT2D eigenvalue weighted by Crippen LogP contribution is -2.15. The lowest BCUT2D eigenvalue weighted by atomic mass is 9.80. The Morgan fingerprint density at radius 3 is 1.48 bits per heavy atom. The van der Waals surface area contributed by atoms with Gasteiger partial charge in [0.25, 0.3) is 0 Å². The van der Waals surface area contributed by atoms with Gasteiger partial charge in [0, 0.05) is 45.0 Å². The third-order valence-corrected chi connectivity index (χ3v) is 13.9. The average Bonchev–Trinajstić information content (AvgIpc) is 3.81. The Morgan fingerprint density at radius 1 is 0.328 bits per heavy atom. The first kappa shape index (κ1) is 36.5. The molecule has 0 saturated heterocycles. The molecule has 0 atom stereocenters. The third kappa shape index (κ3) is 5.54. The summed E-state index contributed by atoms with van der Waals surface area (Å²) >= 11 is 0. The van der Waals surface area contributed by atoms with E-state index in [9.17, 15) is 0 Å². The number of para-hydroxylation sites is 2. The Balaban J connectivity index is 0.814. The van der Waals surface area contributed by atoms with Crippen LogP contribution in [-0.2, 0) is 5.41 Å². The van der Waals surface area contributed by atoms with Crippen LogP contribution in [0.4, 0.5) is 0 Å². The van der Waals surface area contributed by atoms with Crippen LogP contribution >= 0.6 is 0 Å². The van der Waals surface area contributed by atoms with Gasteiger partial charge in [-0.2, -0.15) is 0 Å². The van der Waals surface area contributed by atoms with Crippen LogP contribution in [0.3, 0.4) is 0 Å². The van der Waals surface area contributed by atoms with Gasteiger partial charge in [-0.05, 0) is 126 Å². The van der Waals surface area contributed by atoms with E-state index >= 15 is 0 Å². The molecule has 1 aliphatic carbocycles. The van der Waals surface area contributed by atoms with E-state index < -0.39 is 0 Å². The van der Waals surface area contributed by atoms with Gasteiger partial charge in [0.15, 0.2) is 0 Å². The van der Waals surface area contributed by atoms with Crippen molar-refractivity contribution < 1.29 is 0 Å². The Labute approximate surface area is 371 Å². The highest BCUT2D eigenvalue weighted by Crippen LogP contribution is 2.51. The fourth-order valence-electron chi connectivity index (χ4n) is 10.6. The van der Waals surface area contributed by atoms with E-state index in [2.05, 4.69) is 219 Å². The maximum atomic E-state index is 4.79. The number of hydrogen-bond donors (Lipinski definition) is 0. The minimum atomic E-state index is -0.165. The van der Waals surface area contributed by atoms with Crippen molar-refractivity contribution in [3.8, 4) is 61.3 Å². The molecule has 10 aromatic carbocycles. The van der Waals surface area contributed by atoms with Crippen LogP contribution < -0.4 is 0 Å². The maximum Gasteiger partial charge on any atom is 0.0971 e. The highest BCUT2D eigenvalue weighted by Gasteiger charge is 2.36. The van der Waals surface area contributed by atoms with Crippen molar-refractivity contribution in [3.63, 3.8) is 0 Å². The molecule has 0 bridgehead atoms. The summed E-state index contributed by atoms with van der Waals surface area (Å²) in [6.07, 6.45) is 3.58. The van der Waals surface area contributed by atoms with Crippen LogP contribution in [0.1, 0.15) is 25.0 Å². The Bertz CT molecular complexity index is 3820. The number of benzene rings is 10. The number of nitrogens with zero attached hydrogens (tertiary/aromatic N) is 3. The standard InChI is InChI=1S/C61H41N3/c1-61(2)55-35-43(24-28-49(55)50-29-25-44(36-56(50)61)45-26-30-52-51-16-8-9-18-57(51)64(58(52)37-45)46-13-4-3-5-14-46)41-12-10-11-40(33-41)38-19-21-39(22-20-38)42-23-27-48-47-15-6-7-17-53(47)59-60(54(48)34-42)63-32-31-62-59/h3-37H,1-2H3. The van der Waals surface area contributed by atoms with E-state index in [0.29, 0.717) is 0 Å². The summed E-state index contributed by atoms with van der Waals surface area (Å²) in [5, 5.41) is 7.20. The second-order valence-electron chi connectivity index (χ2n) is 17.8. The fourth-order valence-corrected chi connectivity index (χ4v) is 10.6. The molecule has 1 aliphatic rings. The molecule has 3 heteroatoms. The van der Waals surface area contributed by atoms with Gasteiger partial charge in [0.05, 0.1) is 22.1 Å². The minimum Gasteiger partial charge on any atom is -0.309 e. The predicted octanol–water partition coefficient (Wildman–Crippen LogP) is 16.0. The van der Waals surface area contributed by atoms with E-state index in [-0.39, 0.29) is 5.41 Å². The molecule has 0 saturated carbocycles.